The molecule has 3 heteroatoms. The topological polar surface area (TPSA) is 29.9 Å². The number of hydrogen-bond acceptors (Lipinski definition) is 2. The lowest BCUT2D eigenvalue weighted by atomic mass is 10.2. The van der Waals surface area contributed by atoms with Crippen molar-refractivity contribution in [3.63, 3.8) is 0 Å². The van der Waals surface area contributed by atoms with Crippen LogP contribution in [0.4, 0.5) is 0 Å². The van der Waals surface area contributed by atoms with E-state index in [1.165, 1.54) is 0 Å². The third-order valence-electron chi connectivity index (χ3n) is 1.62. The maximum absolute atomic E-state index is 4.26. The van der Waals surface area contributed by atoms with Crippen molar-refractivity contribution >= 4 is 0 Å². The molecule has 12 heavy (non-hydrogen) atoms. The van der Waals surface area contributed by atoms with Crippen LogP contribution in [0.15, 0.2) is 12.5 Å². The van der Waals surface area contributed by atoms with Crippen LogP contribution in [-0.4, -0.2) is 16.6 Å². The molecule has 0 aliphatic heterocycles. The van der Waals surface area contributed by atoms with Crippen LogP contribution in [0, 0.1) is 5.92 Å². The average Bonchev–Trinajstić information content (AvgIpc) is 2.36. The second-order valence-corrected chi connectivity index (χ2v) is 3.49. The number of nitrogens with one attached hydrogen (secondary N) is 1. The molecule has 0 saturated carbocycles. The van der Waals surface area contributed by atoms with Crippen LogP contribution in [0.25, 0.3) is 0 Å². The largest absolute Gasteiger partial charge is 0.337 e. The van der Waals surface area contributed by atoms with E-state index in [1.807, 2.05) is 13.4 Å². The smallest absolute Gasteiger partial charge is 0.0950 e. The third-order valence-corrected chi connectivity index (χ3v) is 1.62. The third kappa shape index (κ3) is 2.66. The number of aromatic nitrogens is 2. The Morgan fingerprint density at radius 1 is 1.58 bits per heavy atom. The molecule has 0 atom stereocenters. The van der Waals surface area contributed by atoms with Crippen LogP contribution in [0.1, 0.15) is 19.5 Å². The van der Waals surface area contributed by atoms with Gasteiger partial charge in [0.15, 0.2) is 0 Å². The molecule has 1 rings (SSSR count). The van der Waals surface area contributed by atoms with Crippen molar-refractivity contribution in [2.75, 3.05) is 7.05 Å². The SMILES string of the molecule is CNCc1cn(CC(C)C)cn1. The van der Waals surface area contributed by atoms with Crippen molar-refractivity contribution < 1.29 is 0 Å². The fourth-order valence-electron chi connectivity index (χ4n) is 1.20. The van der Waals surface area contributed by atoms with Crippen LogP contribution in [-0.2, 0) is 13.1 Å². The van der Waals surface area contributed by atoms with Gasteiger partial charge in [-0.2, -0.15) is 0 Å². The van der Waals surface area contributed by atoms with Crippen LogP contribution >= 0.6 is 0 Å². The summed E-state index contributed by atoms with van der Waals surface area (Å²) in [5, 5.41) is 3.07. The van der Waals surface area contributed by atoms with Crippen molar-refractivity contribution in [1.29, 1.82) is 0 Å². The van der Waals surface area contributed by atoms with Crippen LogP contribution < -0.4 is 5.32 Å². The van der Waals surface area contributed by atoms with Gasteiger partial charge < -0.3 is 9.88 Å². The second kappa shape index (κ2) is 4.26. The van der Waals surface area contributed by atoms with Gasteiger partial charge in [-0.1, -0.05) is 13.8 Å². The van der Waals surface area contributed by atoms with E-state index in [4.69, 9.17) is 0 Å². The molecule has 0 amide bonds. The standard InChI is InChI=1S/C9H17N3/c1-8(2)5-12-6-9(4-10-3)11-7-12/h6-8,10H,4-5H2,1-3H3. The fourth-order valence-corrected chi connectivity index (χ4v) is 1.20. The highest BCUT2D eigenvalue weighted by Gasteiger charge is 1.98. The highest BCUT2D eigenvalue weighted by atomic mass is 15.0. The summed E-state index contributed by atoms with van der Waals surface area (Å²) < 4.78 is 2.14. The summed E-state index contributed by atoms with van der Waals surface area (Å²) in [4.78, 5) is 4.26. The highest BCUT2D eigenvalue weighted by molar-refractivity contribution is 4.95. The molecule has 0 radical (unpaired) electrons. The summed E-state index contributed by atoms with van der Waals surface area (Å²) in [6.07, 6.45) is 3.99. The maximum Gasteiger partial charge on any atom is 0.0950 e. The quantitative estimate of drug-likeness (QED) is 0.731. The molecule has 0 unspecified atom stereocenters. The van der Waals surface area contributed by atoms with E-state index in [9.17, 15) is 0 Å². The van der Waals surface area contributed by atoms with E-state index in [1.54, 1.807) is 0 Å². The summed E-state index contributed by atoms with van der Waals surface area (Å²) in [6, 6.07) is 0. The fraction of sp³-hybridized carbons (Fsp3) is 0.667. The highest BCUT2D eigenvalue weighted by Crippen LogP contribution is 2.01. The lowest BCUT2D eigenvalue weighted by Crippen LogP contribution is -2.05. The van der Waals surface area contributed by atoms with E-state index in [2.05, 4.69) is 34.9 Å². The Morgan fingerprint density at radius 3 is 2.92 bits per heavy atom. The van der Waals surface area contributed by atoms with E-state index >= 15 is 0 Å². The summed E-state index contributed by atoms with van der Waals surface area (Å²) >= 11 is 0. The Bertz CT molecular complexity index is 227. The van der Waals surface area contributed by atoms with Crippen molar-refractivity contribution in [1.82, 2.24) is 14.9 Å². The molecule has 0 aliphatic rings. The Labute approximate surface area is 73.8 Å². The minimum atomic E-state index is 0.682. The summed E-state index contributed by atoms with van der Waals surface area (Å²) in [5.74, 6) is 0.682. The molecule has 1 aromatic rings. The van der Waals surface area contributed by atoms with Crippen molar-refractivity contribution in [2.45, 2.75) is 26.9 Å². The number of imidazole rings is 1. The average molecular weight is 167 g/mol. The molecule has 1 N–H and O–H groups in total. The summed E-state index contributed by atoms with van der Waals surface area (Å²) in [6.45, 7) is 6.32. The van der Waals surface area contributed by atoms with Gasteiger partial charge in [-0.15, -0.1) is 0 Å². The lowest BCUT2D eigenvalue weighted by Gasteiger charge is -2.03. The number of hydrogen-bond donors (Lipinski definition) is 1. The first-order valence-corrected chi connectivity index (χ1v) is 4.37. The van der Waals surface area contributed by atoms with Gasteiger partial charge in [-0.25, -0.2) is 4.98 Å². The first kappa shape index (κ1) is 9.26. The van der Waals surface area contributed by atoms with Gasteiger partial charge in [0, 0.05) is 19.3 Å². The number of rotatable bonds is 4. The maximum atomic E-state index is 4.26. The molecule has 0 fully saturated rings. The zero-order chi connectivity index (χ0) is 8.97. The van der Waals surface area contributed by atoms with Gasteiger partial charge in [-0.3, -0.25) is 0 Å². The molecule has 3 nitrogen and oxygen atoms in total. The molecule has 68 valence electrons. The minimum absolute atomic E-state index is 0.682. The number of nitrogens with zero attached hydrogens (tertiary/aromatic N) is 2. The molecule has 0 saturated heterocycles. The molecule has 0 aliphatic carbocycles. The predicted octanol–water partition coefficient (Wildman–Crippen LogP) is 1.26. The molecular formula is C9H17N3. The van der Waals surface area contributed by atoms with Gasteiger partial charge in [0.2, 0.25) is 0 Å². The lowest BCUT2D eigenvalue weighted by molar-refractivity contribution is 0.522. The monoisotopic (exact) mass is 167 g/mol. The van der Waals surface area contributed by atoms with E-state index in [0.717, 1.165) is 18.8 Å². The Balaban J connectivity index is 2.52. The predicted molar refractivity (Wildman–Crippen MR) is 49.8 cm³/mol. The Kier molecular flexibility index (Phi) is 3.29. The van der Waals surface area contributed by atoms with Crippen LogP contribution in [0.3, 0.4) is 0 Å². The first-order chi connectivity index (χ1) is 5.72. The normalized spacial score (nSPS) is 11.0. The molecule has 1 heterocycles. The van der Waals surface area contributed by atoms with Gasteiger partial charge >= 0.3 is 0 Å². The van der Waals surface area contributed by atoms with E-state index in [0.29, 0.717) is 5.92 Å². The Hall–Kier alpha value is -0.830. The zero-order valence-electron chi connectivity index (χ0n) is 8.04. The van der Waals surface area contributed by atoms with Crippen molar-refractivity contribution in [3.8, 4) is 0 Å². The molecule has 0 aromatic carbocycles. The second-order valence-electron chi connectivity index (χ2n) is 3.49. The molecular weight excluding hydrogens is 150 g/mol. The molecule has 0 bridgehead atoms. The summed E-state index contributed by atoms with van der Waals surface area (Å²) in [7, 11) is 1.93. The Morgan fingerprint density at radius 2 is 2.33 bits per heavy atom. The zero-order valence-corrected chi connectivity index (χ0v) is 8.04. The van der Waals surface area contributed by atoms with Gasteiger partial charge in [0.25, 0.3) is 0 Å². The van der Waals surface area contributed by atoms with Crippen LogP contribution in [0.2, 0.25) is 0 Å². The minimum Gasteiger partial charge on any atom is -0.337 e. The molecule has 1 aromatic heterocycles. The van der Waals surface area contributed by atoms with Gasteiger partial charge in [0.05, 0.1) is 12.0 Å². The van der Waals surface area contributed by atoms with E-state index < -0.39 is 0 Å². The summed E-state index contributed by atoms with van der Waals surface area (Å²) in [5.41, 5.74) is 1.11. The van der Waals surface area contributed by atoms with Crippen molar-refractivity contribution in [2.24, 2.45) is 5.92 Å². The van der Waals surface area contributed by atoms with E-state index in [-0.39, 0.29) is 0 Å². The van der Waals surface area contributed by atoms with Crippen molar-refractivity contribution in [3.05, 3.63) is 18.2 Å². The first-order valence-electron chi connectivity index (χ1n) is 4.37. The van der Waals surface area contributed by atoms with Crippen LogP contribution in [0.5, 0.6) is 0 Å². The van der Waals surface area contributed by atoms with Gasteiger partial charge in [-0.05, 0) is 13.0 Å². The van der Waals surface area contributed by atoms with Gasteiger partial charge in [0.1, 0.15) is 0 Å². The molecule has 0 spiro atoms.